The molecule has 0 aliphatic rings. The highest BCUT2D eigenvalue weighted by atomic mass is 32.1. The van der Waals surface area contributed by atoms with Crippen molar-refractivity contribution in [1.29, 1.82) is 0 Å². The summed E-state index contributed by atoms with van der Waals surface area (Å²) in [5, 5.41) is 9.68. The van der Waals surface area contributed by atoms with Crippen LogP contribution in [0.1, 0.15) is 6.92 Å². The summed E-state index contributed by atoms with van der Waals surface area (Å²) >= 11 is 4.89. The molecule has 2 atom stereocenters. The van der Waals surface area contributed by atoms with Gasteiger partial charge >= 0.3 is 0 Å². The summed E-state index contributed by atoms with van der Waals surface area (Å²) in [6, 6.07) is 0. The Morgan fingerprint density at radius 3 is 2.57 bits per heavy atom. The molecule has 4 heteroatoms. The van der Waals surface area contributed by atoms with Gasteiger partial charge < -0.3 is 14.6 Å². The van der Waals surface area contributed by atoms with Gasteiger partial charge in [0.2, 0.25) is 0 Å². The van der Waals surface area contributed by atoms with Gasteiger partial charge in [-0.15, -0.1) is 6.58 Å². The molecule has 0 aliphatic carbocycles. The minimum atomic E-state index is -0.799. The molecule has 0 radical (unpaired) electrons. The predicted octanol–water partition coefficient (Wildman–Crippen LogP) is 1.47. The lowest BCUT2D eigenvalue weighted by molar-refractivity contribution is 0.0798. The van der Waals surface area contributed by atoms with Crippen molar-refractivity contribution < 1.29 is 14.6 Å². The molecule has 0 fully saturated rings. The van der Waals surface area contributed by atoms with Crippen LogP contribution < -0.4 is 0 Å². The van der Waals surface area contributed by atoms with Crippen molar-refractivity contribution in [3.63, 3.8) is 0 Å². The highest BCUT2D eigenvalue weighted by molar-refractivity contribution is 7.80. The maximum absolute atomic E-state index is 9.38. The molecule has 0 bridgehead atoms. The van der Waals surface area contributed by atoms with Crippen LogP contribution in [0.15, 0.2) is 25.3 Å². The van der Waals surface area contributed by atoms with Crippen molar-refractivity contribution in [1.82, 2.24) is 0 Å². The molecule has 0 heterocycles. The monoisotopic (exact) mass is 216 g/mol. The number of rotatable bonds is 7. The standard InChI is InChI=1S/C10H16O3S/c1-4-8(11)9(5-2)13-10(14)7-12-6-3/h4-5,8-9,11H,1-2,6-7H2,3H3. The zero-order chi connectivity index (χ0) is 11.0. The lowest BCUT2D eigenvalue weighted by atomic mass is 10.2. The van der Waals surface area contributed by atoms with Crippen molar-refractivity contribution in [2.75, 3.05) is 13.2 Å². The summed E-state index contributed by atoms with van der Waals surface area (Å²) < 4.78 is 10.3. The van der Waals surface area contributed by atoms with Gasteiger partial charge in [-0.2, -0.15) is 0 Å². The first-order chi connectivity index (χ1) is 6.65. The number of hydrogen-bond donors (Lipinski definition) is 1. The number of ether oxygens (including phenoxy) is 2. The summed E-state index contributed by atoms with van der Waals surface area (Å²) in [5.41, 5.74) is 0. The van der Waals surface area contributed by atoms with Crippen LogP contribution in [-0.4, -0.2) is 35.6 Å². The molecule has 0 rings (SSSR count). The highest BCUT2D eigenvalue weighted by Gasteiger charge is 2.15. The van der Waals surface area contributed by atoms with Crippen LogP contribution in [0.25, 0.3) is 0 Å². The maximum Gasteiger partial charge on any atom is 0.186 e. The molecule has 0 saturated carbocycles. The third-order valence-corrected chi connectivity index (χ3v) is 1.72. The van der Waals surface area contributed by atoms with Gasteiger partial charge in [0.1, 0.15) is 18.8 Å². The Labute approximate surface area is 90.0 Å². The molecule has 0 aromatic rings. The molecule has 0 amide bonds. The van der Waals surface area contributed by atoms with Gasteiger partial charge in [0.25, 0.3) is 0 Å². The first kappa shape index (κ1) is 13.3. The third-order valence-electron chi connectivity index (χ3n) is 1.50. The number of aliphatic hydroxyl groups excluding tert-OH is 1. The van der Waals surface area contributed by atoms with E-state index in [2.05, 4.69) is 13.2 Å². The number of aliphatic hydroxyl groups is 1. The van der Waals surface area contributed by atoms with Gasteiger partial charge in [-0.3, -0.25) is 0 Å². The quantitative estimate of drug-likeness (QED) is 0.516. The van der Waals surface area contributed by atoms with Crippen molar-refractivity contribution >= 4 is 17.3 Å². The average Bonchev–Trinajstić information content (AvgIpc) is 2.21. The minimum Gasteiger partial charge on any atom is -0.474 e. The second-order valence-electron chi connectivity index (χ2n) is 2.55. The highest BCUT2D eigenvalue weighted by Crippen LogP contribution is 2.03. The molecule has 0 spiro atoms. The Balaban J connectivity index is 3.98. The molecular weight excluding hydrogens is 200 g/mol. The van der Waals surface area contributed by atoms with E-state index in [-0.39, 0.29) is 6.61 Å². The fourth-order valence-corrected chi connectivity index (χ4v) is 0.957. The number of thiocarbonyl (C=S) groups is 1. The summed E-state index contributed by atoms with van der Waals surface area (Å²) in [5.74, 6) is 0. The van der Waals surface area contributed by atoms with Crippen LogP contribution in [0, 0.1) is 0 Å². The van der Waals surface area contributed by atoms with Gasteiger partial charge in [0, 0.05) is 6.61 Å². The third kappa shape index (κ3) is 5.11. The van der Waals surface area contributed by atoms with Crippen LogP contribution >= 0.6 is 12.2 Å². The van der Waals surface area contributed by atoms with Crippen LogP contribution in [0.2, 0.25) is 0 Å². The Morgan fingerprint density at radius 1 is 1.50 bits per heavy atom. The predicted molar refractivity (Wildman–Crippen MR) is 60.4 cm³/mol. The van der Waals surface area contributed by atoms with Crippen molar-refractivity contribution in [2.45, 2.75) is 19.1 Å². The summed E-state index contributed by atoms with van der Waals surface area (Å²) in [6.07, 6.45) is 1.49. The normalized spacial score (nSPS) is 14.1. The second-order valence-corrected chi connectivity index (χ2v) is 3.01. The van der Waals surface area contributed by atoms with Gasteiger partial charge in [-0.05, 0) is 25.2 Å². The van der Waals surface area contributed by atoms with Crippen molar-refractivity contribution in [3.05, 3.63) is 25.3 Å². The van der Waals surface area contributed by atoms with Crippen molar-refractivity contribution in [3.8, 4) is 0 Å². The van der Waals surface area contributed by atoms with Crippen LogP contribution in [0.4, 0.5) is 0 Å². The lowest BCUT2D eigenvalue weighted by Crippen LogP contribution is -2.28. The SMILES string of the molecule is C=CC(O)C(C=C)OC(=S)COCC. The maximum atomic E-state index is 9.38. The molecule has 80 valence electrons. The van der Waals surface area contributed by atoms with Gasteiger partial charge in [-0.1, -0.05) is 12.7 Å². The number of hydrogen-bond acceptors (Lipinski definition) is 4. The van der Waals surface area contributed by atoms with E-state index in [0.717, 1.165) is 0 Å². The molecule has 14 heavy (non-hydrogen) atoms. The Morgan fingerprint density at radius 2 is 2.14 bits per heavy atom. The van der Waals surface area contributed by atoms with E-state index < -0.39 is 12.2 Å². The van der Waals surface area contributed by atoms with Crippen LogP contribution in [0.5, 0.6) is 0 Å². The van der Waals surface area contributed by atoms with Crippen LogP contribution in [0.3, 0.4) is 0 Å². The fraction of sp³-hybridized carbons (Fsp3) is 0.500. The first-order valence-electron chi connectivity index (χ1n) is 4.36. The molecule has 3 nitrogen and oxygen atoms in total. The van der Waals surface area contributed by atoms with E-state index in [0.29, 0.717) is 11.7 Å². The van der Waals surface area contributed by atoms with E-state index >= 15 is 0 Å². The topological polar surface area (TPSA) is 38.7 Å². The van der Waals surface area contributed by atoms with E-state index in [1.54, 1.807) is 0 Å². The minimum absolute atomic E-state index is 0.250. The van der Waals surface area contributed by atoms with E-state index in [1.807, 2.05) is 6.92 Å². The molecular formula is C10H16O3S. The first-order valence-corrected chi connectivity index (χ1v) is 4.76. The molecule has 0 saturated heterocycles. The second kappa shape index (κ2) is 7.67. The Kier molecular flexibility index (Phi) is 7.28. The van der Waals surface area contributed by atoms with Gasteiger partial charge in [0.05, 0.1) is 0 Å². The lowest BCUT2D eigenvalue weighted by Gasteiger charge is -2.18. The van der Waals surface area contributed by atoms with Gasteiger partial charge in [0.15, 0.2) is 5.05 Å². The largest absolute Gasteiger partial charge is 0.474 e. The van der Waals surface area contributed by atoms with Crippen LogP contribution in [-0.2, 0) is 9.47 Å². The molecule has 2 unspecified atom stereocenters. The van der Waals surface area contributed by atoms with E-state index in [4.69, 9.17) is 21.7 Å². The summed E-state index contributed by atoms with van der Waals surface area (Å²) in [4.78, 5) is 0. The molecule has 0 aliphatic heterocycles. The zero-order valence-electron chi connectivity index (χ0n) is 8.31. The zero-order valence-corrected chi connectivity index (χ0v) is 9.13. The molecule has 1 N–H and O–H groups in total. The van der Waals surface area contributed by atoms with E-state index in [9.17, 15) is 5.11 Å². The Bertz CT molecular complexity index is 204. The average molecular weight is 216 g/mol. The van der Waals surface area contributed by atoms with Crippen molar-refractivity contribution in [2.24, 2.45) is 0 Å². The molecule has 0 aromatic carbocycles. The van der Waals surface area contributed by atoms with E-state index in [1.165, 1.54) is 12.2 Å². The molecule has 0 aromatic heterocycles. The summed E-state index contributed by atoms with van der Waals surface area (Å²) in [7, 11) is 0. The fourth-order valence-electron chi connectivity index (χ4n) is 0.763. The van der Waals surface area contributed by atoms with Gasteiger partial charge in [-0.25, -0.2) is 0 Å². The Hall–Kier alpha value is -0.710. The smallest absolute Gasteiger partial charge is 0.186 e. The summed E-state index contributed by atoms with van der Waals surface area (Å²) in [6.45, 7) is 9.67.